The van der Waals surface area contributed by atoms with Crippen LogP contribution in [0.2, 0.25) is 0 Å². The fourth-order valence-electron chi connectivity index (χ4n) is 1.70. The van der Waals surface area contributed by atoms with E-state index in [0.717, 1.165) is 10.9 Å². The standard InChI is InChI=1S/C13H11ClF2OS/c1-17-11-5-6-18-13(11)9(14)7-8-3-2-4-10(15)12(8)16/h2-6,9H,7H2,1H3. The largest absolute Gasteiger partial charge is 0.496 e. The van der Waals surface area contributed by atoms with Gasteiger partial charge in [0.05, 0.1) is 17.4 Å². The molecule has 5 heteroatoms. The van der Waals surface area contributed by atoms with Crippen LogP contribution in [0.3, 0.4) is 0 Å². The lowest BCUT2D eigenvalue weighted by molar-refractivity contribution is 0.411. The Morgan fingerprint density at radius 1 is 1.33 bits per heavy atom. The molecular formula is C13H11ClF2OS. The first-order valence-corrected chi connectivity index (χ1v) is 6.63. The van der Waals surface area contributed by atoms with Gasteiger partial charge in [-0.15, -0.1) is 22.9 Å². The third-order valence-electron chi connectivity index (χ3n) is 2.59. The first kappa shape index (κ1) is 13.3. The second-order valence-corrected chi connectivity index (χ2v) is 5.21. The van der Waals surface area contributed by atoms with Crippen molar-refractivity contribution in [1.29, 1.82) is 0 Å². The molecule has 0 radical (unpaired) electrons. The lowest BCUT2D eigenvalue weighted by atomic mass is 10.1. The second kappa shape index (κ2) is 5.67. The number of halogens is 3. The summed E-state index contributed by atoms with van der Waals surface area (Å²) in [5.41, 5.74) is 0.269. The van der Waals surface area contributed by atoms with Crippen LogP contribution in [0.1, 0.15) is 15.8 Å². The van der Waals surface area contributed by atoms with Gasteiger partial charge in [0, 0.05) is 0 Å². The van der Waals surface area contributed by atoms with Crippen LogP contribution >= 0.6 is 22.9 Å². The van der Waals surface area contributed by atoms with Crippen LogP contribution in [0.5, 0.6) is 5.75 Å². The summed E-state index contributed by atoms with van der Waals surface area (Å²) >= 11 is 7.67. The Bertz CT molecular complexity index is 542. The molecule has 18 heavy (non-hydrogen) atoms. The van der Waals surface area contributed by atoms with E-state index in [4.69, 9.17) is 16.3 Å². The third kappa shape index (κ3) is 2.65. The fraction of sp³-hybridized carbons (Fsp3) is 0.231. The van der Waals surface area contributed by atoms with E-state index in [1.807, 2.05) is 5.38 Å². The van der Waals surface area contributed by atoms with Gasteiger partial charge in [-0.1, -0.05) is 12.1 Å². The van der Waals surface area contributed by atoms with Crippen LogP contribution in [-0.2, 0) is 6.42 Å². The number of ether oxygens (including phenoxy) is 1. The summed E-state index contributed by atoms with van der Waals surface area (Å²) in [6.07, 6.45) is 0.224. The maximum Gasteiger partial charge on any atom is 0.162 e. The molecule has 96 valence electrons. The molecule has 2 rings (SSSR count). The average molecular weight is 289 g/mol. The van der Waals surface area contributed by atoms with E-state index in [2.05, 4.69) is 0 Å². The van der Waals surface area contributed by atoms with Gasteiger partial charge in [0.25, 0.3) is 0 Å². The molecule has 0 aliphatic heterocycles. The molecule has 1 heterocycles. The highest BCUT2D eigenvalue weighted by molar-refractivity contribution is 7.10. The van der Waals surface area contributed by atoms with Gasteiger partial charge in [-0.25, -0.2) is 8.78 Å². The quantitative estimate of drug-likeness (QED) is 0.750. The lowest BCUT2D eigenvalue weighted by Crippen LogP contribution is -2.00. The maximum atomic E-state index is 13.5. The van der Waals surface area contributed by atoms with Crippen LogP contribution in [0, 0.1) is 11.6 Å². The van der Waals surface area contributed by atoms with E-state index in [1.165, 1.54) is 23.5 Å². The van der Waals surface area contributed by atoms with Crippen LogP contribution in [0.15, 0.2) is 29.6 Å². The Kier molecular flexibility index (Phi) is 4.19. The minimum absolute atomic E-state index is 0.224. The van der Waals surface area contributed by atoms with Crippen molar-refractivity contribution in [3.63, 3.8) is 0 Å². The van der Waals surface area contributed by atoms with Crippen LogP contribution in [-0.4, -0.2) is 7.11 Å². The van der Waals surface area contributed by atoms with Gasteiger partial charge >= 0.3 is 0 Å². The van der Waals surface area contributed by atoms with Crippen LogP contribution in [0.4, 0.5) is 8.78 Å². The molecule has 0 bridgehead atoms. The molecular weight excluding hydrogens is 278 g/mol. The minimum atomic E-state index is -0.852. The van der Waals surface area contributed by atoms with Crippen LogP contribution in [0.25, 0.3) is 0 Å². The molecule has 0 amide bonds. The fourth-order valence-corrected chi connectivity index (χ4v) is 2.96. The van der Waals surface area contributed by atoms with Gasteiger partial charge in [-0.3, -0.25) is 0 Å². The molecule has 1 atom stereocenters. The van der Waals surface area contributed by atoms with Crippen molar-refractivity contribution in [2.45, 2.75) is 11.8 Å². The third-order valence-corrected chi connectivity index (χ3v) is 4.11. The molecule has 1 unspecified atom stereocenters. The molecule has 0 aliphatic carbocycles. The Hall–Kier alpha value is -1.13. The topological polar surface area (TPSA) is 9.23 Å². The number of methoxy groups -OCH3 is 1. The Morgan fingerprint density at radius 2 is 2.11 bits per heavy atom. The normalized spacial score (nSPS) is 12.4. The first-order valence-electron chi connectivity index (χ1n) is 5.31. The molecule has 0 N–H and O–H groups in total. The second-order valence-electron chi connectivity index (χ2n) is 3.74. The summed E-state index contributed by atoms with van der Waals surface area (Å²) in [6, 6.07) is 5.90. The Morgan fingerprint density at radius 3 is 2.83 bits per heavy atom. The predicted molar refractivity (Wildman–Crippen MR) is 69.5 cm³/mol. The van der Waals surface area contributed by atoms with Crippen molar-refractivity contribution in [3.05, 3.63) is 51.7 Å². The van der Waals surface area contributed by atoms with Gasteiger partial charge in [0.1, 0.15) is 5.75 Å². The summed E-state index contributed by atoms with van der Waals surface area (Å²) in [6.45, 7) is 0. The summed E-state index contributed by atoms with van der Waals surface area (Å²) in [5, 5.41) is 1.42. The molecule has 1 aromatic carbocycles. The highest BCUT2D eigenvalue weighted by Crippen LogP contribution is 2.37. The molecule has 0 fully saturated rings. The Balaban J connectivity index is 2.21. The highest BCUT2D eigenvalue weighted by atomic mass is 35.5. The van der Waals surface area contributed by atoms with Crippen molar-refractivity contribution >= 4 is 22.9 Å². The number of rotatable bonds is 4. The number of alkyl halides is 1. The molecule has 2 aromatic rings. The zero-order chi connectivity index (χ0) is 13.1. The van der Waals surface area contributed by atoms with E-state index in [-0.39, 0.29) is 12.0 Å². The van der Waals surface area contributed by atoms with Crippen molar-refractivity contribution in [2.24, 2.45) is 0 Å². The molecule has 0 saturated heterocycles. The highest BCUT2D eigenvalue weighted by Gasteiger charge is 2.18. The molecule has 0 aliphatic rings. The van der Waals surface area contributed by atoms with E-state index in [1.54, 1.807) is 13.2 Å². The summed E-state index contributed by atoms with van der Waals surface area (Å²) in [7, 11) is 1.55. The van der Waals surface area contributed by atoms with E-state index >= 15 is 0 Å². The molecule has 1 nitrogen and oxygen atoms in total. The molecule has 1 aromatic heterocycles. The monoisotopic (exact) mass is 288 g/mol. The van der Waals surface area contributed by atoms with Crippen molar-refractivity contribution in [2.75, 3.05) is 7.11 Å². The van der Waals surface area contributed by atoms with Gasteiger partial charge in [-0.05, 0) is 29.5 Å². The van der Waals surface area contributed by atoms with Crippen molar-refractivity contribution < 1.29 is 13.5 Å². The van der Waals surface area contributed by atoms with Gasteiger partial charge in [-0.2, -0.15) is 0 Å². The number of benzene rings is 1. The van der Waals surface area contributed by atoms with Gasteiger partial charge < -0.3 is 4.74 Å². The SMILES string of the molecule is COc1ccsc1C(Cl)Cc1cccc(F)c1F. The van der Waals surface area contributed by atoms with E-state index in [0.29, 0.717) is 5.75 Å². The van der Waals surface area contributed by atoms with E-state index < -0.39 is 17.0 Å². The Labute approximate surface area is 113 Å². The molecule has 0 saturated carbocycles. The summed E-state index contributed by atoms with van der Waals surface area (Å²) < 4.78 is 31.8. The van der Waals surface area contributed by atoms with Crippen molar-refractivity contribution in [1.82, 2.24) is 0 Å². The number of thiophene rings is 1. The lowest BCUT2D eigenvalue weighted by Gasteiger charge is -2.10. The zero-order valence-corrected chi connectivity index (χ0v) is 11.2. The summed E-state index contributed by atoms with van der Waals surface area (Å²) in [5.74, 6) is -1.01. The van der Waals surface area contributed by atoms with Crippen LogP contribution < -0.4 is 4.74 Å². The predicted octanol–water partition coefficient (Wildman–Crippen LogP) is 4.56. The van der Waals surface area contributed by atoms with Gasteiger partial charge in [0.2, 0.25) is 0 Å². The first-order chi connectivity index (χ1) is 8.63. The van der Waals surface area contributed by atoms with E-state index in [9.17, 15) is 8.78 Å². The minimum Gasteiger partial charge on any atom is -0.496 e. The zero-order valence-electron chi connectivity index (χ0n) is 9.62. The average Bonchev–Trinajstić information content (AvgIpc) is 2.83. The maximum absolute atomic E-state index is 13.5. The number of hydrogen-bond acceptors (Lipinski definition) is 2. The van der Waals surface area contributed by atoms with Crippen molar-refractivity contribution in [3.8, 4) is 5.75 Å². The smallest absolute Gasteiger partial charge is 0.162 e. The van der Waals surface area contributed by atoms with Gasteiger partial charge in [0.15, 0.2) is 11.6 Å². The summed E-state index contributed by atoms with van der Waals surface area (Å²) in [4.78, 5) is 0.822. The molecule has 0 spiro atoms. The number of hydrogen-bond donors (Lipinski definition) is 0.